The largest absolute Gasteiger partial charge is 0.349 e. The number of halogens is 1. The second-order valence-electron chi connectivity index (χ2n) is 7.86. The van der Waals surface area contributed by atoms with Crippen molar-refractivity contribution in [3.05, 3.63) is 63.8 Å². The van der Waals surface area contributed by atoms with Gasteiger partial charge in [0.05, 0.1) is 26.2 Å². The molecule has 166 valence electrons. The predicted molar refractivity (Wildman–Crippen MR) is 125 cm³/mol. The van der Waals surface area contributed by atoms with Crippen LogP contribution in [0.25, 0.3) is 11.7 Å². The fourth-order valence-electron chi connectivity index (χ4n) is 4.08. The molecule has 4 heterocycles. The first-order valence-electron chi connectivity index (χ1n) is 10.3. The molecular weight excluding hydrogens is 468 g/mol. The molecule has 3 aromatic rings. The summed E-state index contributed by atoms with van der Waals surface area (Å²) in [7, 11) is -3.57. The highest BCUT2D eigenvalue weighted by atomic mass is 35.5. The summed E-state index contributed by atoms with van der Waals surface area (Å²) < 4.78 is 29.2. The summed E-state index contributed by atoms with van der Waals surface area (Å²) in [4.78, 5) is 18.4. The Morgan fingerprint density at radius 2 is 1.88 bits per heavy atom. The van der Waals surface area contributed by atoms with E-state index in [0.717, 1.165) is 22.1 Å². The van der Waals surface area contributed by atoms with E-state index in [9.17, 15) is 13.2 Å². The fraction of sp³-hybridized carbons (Fsp3) is 0.273. The van der Waals surface area contributed by atoms with E-state index in [1.807, 2.05) is 31.2 Å². The Kier molecular flexibility index (Phi) is 5.53. The first-order valence-corrected chi connectivity index (χ1v) is 12.9. The zero-order chi connectivity index (χ0) is 22.5. The molecule has 32 heavy (non-hydrogen) atoms. The number of amides is 1. The van der Waals surface area contributed by atoms with E-state index in [0.29, 0.717) is 35.9 Å². The Balaban J connectivity index is 1.25. The van der Waals surface area contributed by atoms with Crippen molar-refractivity contribution in [1.82, 2.24) is 19.0 Å². The number of thioether (sulfide) groups is 1. The molecule has 0 atom stereocenters. The number of rotatable bonds is 4. The number of aryl methyl sites for hydroxylation is 1. The number of aromatic nitrogens is 2. The topological polar surface area (TPSA) is 83.8 Å². The molecule has 0 radical (unpaired) electrons. The van der Waals surface area contributed by atoms with Crippen LogP contribution in [0.3, 0.4) is 0 Å². The molecule has 1 N–H and O–H groups in total. The number of hydrogen-bond donors (Lipinski definition) is 1. The second-order valence-corrected chi connectivity index (χ2v) is 11.3. The number of carbonyl (C=O) groups excluding carboxylic acids is 1. The van der Waals surface area contributed by atoms with Crippen LogP contribution in [-0.2, 0) is 14.8 Å². The van der Waals surface area contributed by atoms with Crippen molar-refractivity contribution >= 4 is 51.0 Å². The van der Waals surface area contributed by atoms with Gasteiger partial charge in [-0.2, -0.15) is 4.31 Å². The minimum absolute atomic E-state index is 0.0793. The van der Waals surface area contributed by atoms with Gasteiger partial charge in [-0.25, -0.2) is 13.4 Å². The number of carbonyl (C=O) groups is 1. The van der Waals surface area contributed by atoms with Gasteiger partial charge in [0.1, 0.15) is 5.65 Å². The van der Waals surface area contributed by atoms with Gasteiger partial charge >= 0.3 is 0 Å². The van der Waals surface area contributed by atoms with Crippen LogP contribution in [0.1, 0.15) is 24.2 Å². The Morgan fingerprint density at radius 3 is 2.59 bits per heavy atom. The molecule has 2 aromatic heterocycles. The molecule has 10 heteroatoms. The van der Waals surface area contributed by atoms with Crippen LogP contribution in [0, 0.1) is 6.92 Å². The zero-order valence-corrected chi connectivity index (χ0v) is 19.7. The van der Waals surface area contributed by atoms with E-state index in [2.05, 4.69) is 14.7 Å². The van der Waals surface area contributed by atoms with Gasteiger partial charge in [0.2, 0.25) is 10.0 Å². The highest BCUT2D eigenvalue weighted by Gasteiger charge is 2.31. The number of nitrogens with zero attached hydrogens (tertiary/aromatic N) is 3. The van der Waals surface area contributed by atoms with Crippen molar-refractivity contribution in [2.75, 3.05) is 13.1 Å². The molecule has 1 amide bonds. The van der Waals surface area contributed by atoms with Crippen LogP contribution < -0.4 is 5.32 Å². The normalized spacial score (nSPS) is 17.4. The molecule has 7 nitrogen and oxygen atoms in total. The third-order valence-corrected chi connectivity index (χ3v) is 8.99. The van der Waals surface area contributed by atoms with Gasteiger partial charge in [0.15, 0.2) is 0 Å². The molecule has 0 unspecified atom stereocenters. The maximum absolute atomic E-state index is 13.0. The summed E-state index contributed by atoms with van der Waals surface area (Å²) in [5, 5.41) is 4.53. The fourth-order valence-corrected chi connectivity index (χ4v) is 6.65. The van der Waals surface area contributed by atoms with Crippen molar-refractivity contribution in [3.8, 4) is 0 Å². The average molecular weight is 489 g/mol. The third kappa shape index (κ3) is 3.83. The smallest absolute Gasteiger partial charge is 0.258 e. The summed E-state index contributed by atoms with van der Waals surface area (Å²) >= 11 is 7.29. The number of imidazole rings is 1. The highest BCUT2D eigenvalue weighted by Crippen LogP contribution is 2.36. The van der Waals surface area contributed by atoms with Crippen molar-refractivity contribution < 1.29 is 13.2 Å². The first kappa shape index (κ1) is 21.5. The minimum atomic E-state index is -3.57. The molecule has 0 spiro atoms. The van der Waals surface area contributed by atoms with Crippen molar-refractivity contribution in [2.24, 2.45) is 0 Å². The van der Waals surface area contributed by atoms with Crippen LogP contribution in [0.5, 0.6) is 0 Å². The lowest BCUT2D eigenvalue weighted by atomic mass is 10.1. The lowest BCUT2D eigenvalue weighted by Crippen LogP contribution is -2.46. The Morgan fingerprint density at radius 1 is 1.16 bits per heavy atom. The number of piperidine rings is 1. The van der Waals surface area contributed by atoms with Gasteiger partial charge in [0.25, 0.3) is 5.91 Å². The van der Waals surface area contributed by atoms with Crippen LogP contribution in [0.4, 0.5) is 0 Å². The number of sulfonamides is 1. The molecular formula is C22H21ClN4O3S2. The van der Waals surface area contributed by atoms with Crippen LogP contribution in [0.15, 0.2) is 57.3 Å². The van der Waals surface area contributed by atoms with E-state index in [1.165, 1.54) is 28.2 Å². The van der Waals surface area contributed by atoms with E-state index >= 15 is 0 Å². The SMILES string of the molecule is Cc1nc2cccc3n2c1C=C(C(=O)NC1CCN(S(=O)(=O)c2ccc(Cl)cc2)CC1)S3. The van der Waals surface area contributed by atoms with Crippen molar-refractivity contribution in [2.45, 2.75) is 35.7 Å². The summed E-state index contributed by atoms with van der Waals surface area (Å²) in [5.41, 5.74) is 2.67. The standard InChI is InChI=1S/C22H21ClN4O3S2/c1-14-18-13-19(31-21-4-2-3-20(24-14)27(18)21)22(28)25-16-9-11-26(12-10-16)32(29,30)17-7-5-15(23)6-8-17/h2-8,13,16H,9-12H2,1H3,(H,25,28). The minimum Gasteiger partial charge on any atom is -0.349 e. The van der Waals surface area contributed by atoms with E-state index in [4.69, 9.17) is 11.6 Å². The molecule has 0 aliphatic carbocycles. The van der Waals surface area contributed by atoms with Gasteiger partial charge in [-0.1, -0.05) is 29.4 Å². The van der Waals surface area contributed by atoms with Crippen molar-refractivity contribution in [1.29, 1.82) is 0 Å². The third-order valence-electron chi connectivity index (χ3n) is 5.77. The molecule has 5 rings (SSSR count). The lowest BCUT2D eigenvalue weighted by molar-refractivity contribution is -0.117. The summed E-state index contributed by atoms with van der Waals surface area (Å²) in [5.74, 6) is -0.141. The molecule has 1 aromatic carbocycles. The highest BCUT2D eigenvalue weighted by molar-refractivity contribution is 8.04. The zero-order valence-electron chi connectivity index (χ0n) is 17.3. The van der Waals surface area contributed by atoms with E-state index in [-0.39, 0.29) is 16.8 Å². The van der Waals surface area contributed by atoms with Gasteiger partial charge in [-0.3, -0.25) is 9.20 Å². The summed E-state index contributed by atoms with van der Waals surface area (Å²) in [6.07, 6.45) is 2.99. The van der Waals surface area contributed by atoms with E-state index < -0.39 is 10.0 Å². The molecule has 1 saturated heterocycles. The maximum atomic E-state index is 13.0. The predicted octanol–water partition coefficient (Wildman–Crippen LogP) is 3.71. The maximum Gasteiger partial charge on any atom is 0.258 e. The van der Waals surface area contributed by atoms with Gasteiger partial charge < -0.3 is 5.32 Å². The van der Waals surface area contributed by atoms with Crippen LogP contribution in [0.2, 0.25) is 5.02 Å². The number of pyridine rings is 1. The Bertz CT molecular complexity index is 1340. The van der Waals surface area contributed by atoms with Crippen LogP contribution in [-0.4, -0.2) is 47.1 Å². The second kappa shape index (κ2) is 8.22. The van der Waals surface area contributed by atoms with Gasteiger partial charge in [-0.05, 0) is 62.2 Å². The average Bonchev–Trinajstić information content (AvgIpc) is 3.11. The molecule has 2 aliphatic rings. The summed E-state index contributed by atoms with van der Waals surface area (Å²) in [6.45, 7) is 2.64. The molecule has 1 fully saturated rings. The number of benzene rings is 1. The lowest BCUT2D eigenvalue weighted by Gasteiger charge is -2.32. The first-order chi connectivity index (χ1) is 15.3. The van der Waals surface area contributed by atoms with Crippen molar-refractivity contribution in [3.63, 3.8) is 0 Å². The monoisotopic (exact) mass is 488 g/mol. The van der Waals surface area contributed by atoms with Gasteiger partial charge in [0, 0.05) is 24.2 Å². The molecule has 0 bridgehead atoms. The van der Waals surface area contributed by atoms with E-state index in [1.54, 1.807) is 12.1 Å². The number of nitrogens with one attached hydrogen (secondary N) is 1. The van der Waals surface area contributed by atoms with Crippen LogP contribution >= 0.6 is 23.4 Å². The van der Waals surface area contributed by atoms with Gasteiger partial charge in [-0.15, -0.1) is 0 Å². The quantitative estimate of drug-likeness (QED) is 0.605. The molecule has 2 aliphatic heterocycles. The Labute approximate surface area is 195 Å². The number of hydrogen-bond acceptors (Lipinski definition) is 5. The molecule has 0 saturated carbocycles. The summed E-state index contributed by atoms with van der Waals surface area (Å²) in [6, 6.07) is 12.0. The Hall–Kier alpha value is -2.33.